The maximum atomic E-state index is 4.31. The number of aryl methyl sites for hydroxylation is 1. The van der Waals surface area contributed by atoms with E-state index in [0.717, 1.165) is 24.5 Å². The largest absolute Gasteiger partial charge is 0.303 e. The molecule has 0 spiro atoms. The molecule has 4 nitrogen and oxygen atoms in total. The maximum absolute atomic E-state index is 4.31. The van der Waals surface area contributed by atoms with Crippen LogP contribution in [0.15, 0.2) is 6.20 Å². The number of hydrogen-bond donors (Lipinski definition) is 0. The van der Waals surface area contributed by atoms with Crippen LogP contribution in [-0.4, -0.2) is 39.5 Å². The van der Waals surface area contributed by atoms with Crippen molar-refractivity contribution in [2.75, 3.05) is 19.6 Å². The molecular formula is C15H28N4. The van der Waals surface area contributed by atoms with Crippen molar-refractivity contribution in [2.45, 2.75) is 58.9 Å². The Kier molecular flexibility index (Phi) is 5.37. The third kappa shape index (κ3) is 4.03. The summed E-state index contributed by atoms with van der Waals surface area (Å²) in [6, 6.07) is 0.561. The molecule has 1 aliphatic heterocycles. The summed E-state index contributed by atoms with van der Waals surface area (Å²) in [6.45, 7) is 10.5. The Morgan fingerprint density at radius 2 is 2.05 bits per heavy atom. The van der Waals surface area contributed by atoms with E-state index in [-0.39, 0.29) is 0 Å². The molecule has 1 aromatic rings. The van der Waals surface area contributed by atoms with E-state index in [1.807, 2.05) is 0 Å². The molecule has 1 saturated heterocycles. The van der Waals surface area contributed by atoms with Gasteiger partial charge in [-0.15, -0.1) is 5.10 Å². The number of nitrogens with zero attached hydrogens (tertiary/aromatic N) is 4. The van der Waals surface area contributed by atoms with Crippen LogP contribution in [0.25, 0.3) is 0 Å². The first-order valence-electron chi connectivity index (χ1n) is 7.86. The summed E-state index contributed by atoms with van der Waals surface area (Å²) < 4.78 is 2.10. The Morgan fingerprint density at radius 3 is 2.68 bits per heavy atom. The molecule has 0 saturated carbocycles. The molecule has 0 aromatic carbocycles. The van der Waals surface area contributed by atoms with Gasteiger partial charge in [0.05, 0.1) is 11.7 Å². The lowest BCUT2D eigenvalue weighted by Crippen LogP contribution is -2.37. The minimum Gasteiger partial charge on any atom is -0.303 e. The van der Waals surface area contributed by atoms with Gasteiger partial charge in [-0.2, -0.15) is 0 Å². The summed E-state index contributed by atoms with van der Waals surface area (Å²) in [6.07, 6.45) is 8.05. The Morgan fingerprint density at radius 1 is 1.32 bits per heavy atom. The number of piperidine rings is 1. The average Bonchev–Trinajstić information content (AvgIpc) is 2.88. The smallest absolute Gasteiger partial charge is 0.0827 e. The minimum absolute atomic E-state index is 0.561. The highest BCUT2D eigenvalue weighted by molar-refractivity contribution is 4.94. The zero-order valence-corrected chi connectivity index (χ0v) is 12.7. The molecule has 1 unspecified atom stereocenters. The van der Waals surface area contributed by atoms with E-state index in [2.05, 4.69) is 46.9 Å². The van der Waals surface area contributed by atoms with Crippen LogP contribution in [0, 0.1) is 5.92 Å². The van der Waals surface area contributed by atoms with Gasteiger partial charge in [0.25, 0.3) is 0 Å². The lowest BCUT2D eigenvalue weighted by Gasteiger charge is -2.33. The van der Waals surface area contributed by atoms with E-state index in [0.29, 0.717) is 6.04 Å². The summed E-state index contributed by atoms with van der Waals surface area (Å²) in [5, 5.41) is 8.57. The predicted octanol–water partition coefficient (Wildman–Crippen LogP) is 2.91. The molecule has 2 heterocycles. The zero-order chi connectivity index (χ0) is 13.7. The normalized spacial score (nSPS) is 19.7. The van der Waals surface area contributed by atoms with E-state index in [1.54, 1.807) is 0 Å². The van der Waals surface area contributed by atoms with Gasteiger partial charge in [-0.3, -0.25) is 0 Å². The molecule has 108 valence electrons. The van der Waals surface area contributed by atoms with Crippen LogP contribution in [0.5, 0.6) is 0 Å². The monoisotopic (exact) mass is 264 g/mol. The molecule has 0 bridgehead atoms. The van der Waals surface area contributed by atoms with Crippen molar-refractivity contribution in [1.29, 1.82) is 0 Å². The van der Waals surface area contributed by atoms with Gasteiger partial charge in [0.1, 0.15) is 0 Å². The SMILES string of the molecule is CCCc1cn(C2CCN(CC(C)CC)CC2)nn1. The molecule has 1 aliphatic rings. The fraction of sp³-hybridized carbons (Fsp3) is 0.867. The van der Waals surface area contributed by atoms with Gasteiger partial charge in [-0.05, 0) is 25.2 Å². The van der Waals surface area contributed by atoms with Crippen molar-refractivity contribution in [3.8, 4) is 0 Å². The van der Waals surface area contributed by atoms with Crippen molar-refractivity contribution >= 4 is 0 Å². The van der Waals surface area contributed by atoms with Gasteiger partial charge in [0.15, 0.2) is 0 Å². The first kappa shape index (κ1) is 14.5. The number of hydrogen-bond acceptors (Lipinski definition) is 3. The van der Waals surface area contributed by atoms with Crippen molar-refractivity contribution in [3.63, 3.8) is 0 Å². The molecule has 4 heteroatoms. The Hall–Kier alpha value is -0.900. The average molecular weight is 264 g/mol. The van der Waals surface area contributed by atoms with Crippen molar-refractivity contribution in [3.05, 3.63) is 11.9 Å². The Labute approximate surface area is 117 Å². The second-order valence-electron chi connectivity index (χ2n) is 5.99. The highest BCUT2D eigenvalue weighted by atomic mass is 15.4. The Bertz CT molecular complexity index is 366. The van der Waals surface area contributed by atoms with Crippen molar-refractivity contribution < 1.29 is 0 Å². The van der Waals surface area contributed by atoms with Crippen LogP contribution < -0.4 is 0 Å². The zero-order valence-electron chi connectivity index (χ0n) is 12.7. The first-order valence-corrected chi connectivity index (χ1v) is 7.86. The number of rotatable bonds is 6. The molecule has 0 amide bonds. The van der Waals surface area contributed by atoms with Crippen LogP contribution in [-0.2, 0) is 6.42 Å². The molecular weight excluding hydrogens is 236 g/mol. The van der Waals surface area contributed by atoms with Crippen LogP contribution in [0.3, 0.4) is 0 Å². The second kappa shape index (κ2) is 7.04. The van der Waals surface area contributed by atoms with Crippen LogP contribution >= 0.6 is 0 Å². The Balaban J connectivity index is 1.81. The minimum atomic E-state index is 0.561. The maximum Gasteiger partial charge on any atom is 0.0827 e. The quantitative estimate of drug-likeness (QED) is 0.792. The van der Waals surface area contributed by atoms with E-state index in [9.17, 15) is 0 Å². The molecule has 2 rings (SSSR count). The highest BCUT2D eigenvalue weighted by Crippen LogP contribution is 2.22. The summed E-state index contributed by atoms with van der Waals surface area (Å²) in [5.74, 6) is 0.819. The number of likely N-dealkylation sites (tertiary alicyclic amines) is 1. The fourth-order valence-electron chi connectivity index (χ4n) is 2.80. The molecule has 1 aromatic heterocycles. The molecule has 0 aliphatic carbocycles. The van der Waals surface area contributed by atoms with E-state index >= 15 is 0 Å². The summed E-state index contributed by atoms with van der Waals surface area (Å²) >= 11 is 0. The topological polar surface area (TPSA) is 34.0 Å². The van der Waals surface area contributed by atoms with Crippen molar-refractivity contribution in [2.24, 2.45) is 5.92 Å². The fourth-order valence-corrected chi connectivity index (χ4v) is 2.80. The molecule has 19 heavy (non-hydrogen) atoms. The van der Waals surface area contributed by atoms with Crippen LogP contribution in [0.4, 0.5) is 0 Å². The van der Waals surface area contributed by atoms with E-state index in [1.165, 1.54) is 38.9 Å². The lowest BCUT2D eigenvalue weighted by molar-refractivity contribution is 0.159. The third-order valence-electron chi connectivity index (χ3n) is 4.26. The van der Waals surface area contributed by atoms with Gasteiger partial charge in [0, 0.05) is 25.8 Å². The summed E-state index contributed by atoms with van der Waals surface area (Å²) in [4.78, 5) is 2.61. The van der Waals surface area contributed by atoms with Gasteiger partial charge < -0.3 is 4.90 Å². The van der Waals surface area contributed by atoms with E-state index < -0.39 is 0 Å². The summed E-state index contributed by atoms with van der Waals surface area (Å²) in [5.41, 5.74) is 1.14. The standard InChI is InChI=1S/C15H28N4/c1-4-6-14-12-19(17-16-14)15-7-9-18(10-8-15)11-13(3)5-2/h12-13,15H,4-11H2,1-3H3. The van der Waals surface area contributed by atoms with Gasteiger partial charge >= 0.3 is 0 Å². The molecule has 1 fully saturated rings. The summed E-state index contributed by atoms with van der Waals surface area (Å²) in [7, 11) is 0. The second-order valence-corrected chi connectivity index (χ2v) is 5.99. The van der Waals surface area contributed by atoms with Crippen molar-refractivity contribution in [1.82, 2.24) is 19.9 Å². The van der Waals surface area contributed by atoms with Crippen LogP contribution in [0.2, 0.25) is 0 Å². The highest BCUT2D eigenvalue weighted by Gasteiger charge is 2.22. The van der Waals surface area contributed by atoms with Gasteiger partial charge in [-0.1, -0.05) is 38.8 Å². The molecule has 1 atom stereocenters. The third-order valence-corrected chi connectivity index (χ3v) is 4.26. The molecule has 0 radical (unpaired) electrons. The van der Waals surface area contributed by atoms with Gasteiger partial charge in [0.2, 0.25) is 0 Å². The first-order chi connectivity index (χ1) is 9.22. The van der Waals surface area contributed by atoms with E-state index in [4.69, 9.17) is 0 Å². The molecule has 0 N–H and O–H groups in total. The van der Waals surface area contributed by atoms with Crippen LogP contribution in [0.1, 0.15) is 58.2 Å². The predicted molar refractivity (Wildman–Crippen MR) is 78.2 cm³/mol. The van der Waals surface area contributed by atoms with Gasteiger partial charge in [-0.25, -0.2) is 4.68 Å². The lowest BCUT2D eigenvalue weighted by atomic mass is 10.0. The number of aromatic nitrogens is 3.